The number of aliphatic hydroxyl groups excluding tert-OH is 2. The smallest absolute Gasteiger partial charge is 0.352 e. The average molecular weight is 985 g/mol. The number of nitrogens with two attached hydrogens (primary N) is 6. The number of hydrogen-bond donors (Lipinski definition) is 18. The number of unbranched alkanes of at least 4 members (excludes halogenated alkanes) is 2. The summed E-state index contributed by atoms with van der Waals surface area (Å²) in [6.07, 6.45) is 1.15. The van der Waals surface area contributed by atoms with Gasteiger partial charge in [-0.1, -0.05) is 12.5 Å². The summed E-state index contributed by atoms with van der Waals surface area (Å²) in [5.41, 5.74) is 33.0. The van der Waals surface area contributed by atoms with Crippen molar-refractivity contribution in [1.82, 2.24) is 47.4 Å². The number of likely N-dealkylation sites (tertiary alicyclic amines) is 1. The van der Waals surface area contributed by atoms with Crippen molar-refractivity contribution in [3.63, 3.8) is 0 Å². The van der Waals surface area contributed by atoms with Gasteiger partial charge in [-0.15, -0.1) is 0 Å². The molecular weight excluding hydrogens is 909 g/mol. The van der Waals surface area contributed by atoms with Gasteiger partial charge < -0.3 is 97.2 Å². The Kier molecular flexibility index (Phi) is 28.9. The van der Waals surface area contributed by atoms with Crippen LogP contribution in [0.1, 0.15) is 84.5 Å². The minimum atomic E-state index is -1.65. The molecule has 1 fully saturated rings. The number of carbonyl (C=O) groups is 9. The first kappa shape index (κ1) is 61.0. The van der Waals surface area contributed by atoms with Gasteiger partial charge in [0.2, 0.25) is 47.3 Å². The van der Waals surface area contributed by atoms with E-state index < -0.39 is 127 Å². The molecule has 0 saturated carbocycles. The topological polar surface area (TPSA) is 494 Å². The molecular formula is C41H76N16O12. The first-order chi connectivity index (χ1) is 32.6. The number of carboxylic acids is 1. The van der Waals surface area contributed by atoms with Gasteiger partial charge in [-0.3, -0.25) is 43.8 Å². The monoisotopic (exact) mass is 985 g/mol. The summed E-state index contributed by atoms with van der Waals surface area (Å²) in [6, 6.07) is -9.26. The number of carboxylic acid groups (broad SMARTS) is 1. The Morgan fingerprint density at radius 2 is 1.33 bits per heavy atom. The summed E-state index contributed by atoms with van der Waals surface area (Å²) >= 11 is 0. The maximum atomic E-state index is 14.0. The van der Waals surface area contributed by atoms with Gasteiger partial charge in [0.1, 0.15) is 41.9 Å². The molecule has 24 N–H and O–H groups in total. The Hall–Kier alpha value is -6.04. The number of rotatable bonds is 33. The minimum Gasteiger partial charge on any atom is -0.477 e. The van der Waals surface area contributed by atoms with E-state index in [0.717, 1.165) is 0 Å². The zero-order chi connectivity index (χ0) is 52.2. The Morgan fingerprint density at radius 1 is 0.725 bits per heavy atom. The van der Waals surface area contributed by atoms with Crippen LogP contribution in [0, 0.1) is 5.41 Å². The van der Waals surface area contributed by atoms with Crippen molar-refractivity contribution in [3.05, 3.63) is 11.8 Å². The Bertz CT molecular complexity index is 1770. The maximum absolute atomic E-state index is 14.0. The SMILES string of the molecule is CC(NC(=O)[C@@H](NC(=O)[C@@H](N)CCCCN)[C@@H](O)CN)C(=O)NCC(=O)N[C@H](CCCN)C(=O)N1CCC[C@H]1C(=O)N[C@H](C(=O)N[C@@H](CCCCN)C(=O)N/C(=C\CCNC(=N)N)C(=O)O)[C@@H](C)O. The second kappa shape index (κ2) is 32.7. The number of carbonyl (C=O) groups excluding carboxylic acids is 8. The number of amides is 8. The number of guanidine groups is 1. The summed E-state index contributed by atoms with van der Waals surface area (Å²) in [5.74, 6) is -8.59. The summed E-state index contributed by atoms with van der Waals surface area (Å²) in [7, 11) is 0. The highest BCUT2D eigenvalue weighted by Crippen LogP contribution is 2.20. The molecule has 0 spiro atoms. The molecule has 0 radical (unpaired) electrons. The quantitative estimate of drug-likeness (QED) is 0.0126. The van der Waals surface area contributed by atoms with E-state index in [1.54, 1.807) is 0 Å². The Labute approximate surface area is 400 Å². The first-order valence-corrected chi connectivity index (χ1v) is 23.0. The highest BCUT2D eigenvalue weighted by Gasteiger charge is 2.40. The first-order valence-electron chi connectivity index (χ1n) is 23.0. The van der Waals surface area contributed by atoms with E-state index in [0.29, 0.717) is 38.6 Å². The van der Waals surface area contributed by atoms with Crippen LogP contribution in [0.2, 0.25) is 0 Å². The highest BCUT2D eigenvalue weighted by molar-refractivity contribution is 5.99. The van der Waals surface area contributed by atoms with Gasteiger partial charge in [-0.2, -0.15) is 0 Å². The second-order valence-electron chi connectivity index (χ2n) is 16.5. The molecule has 69 heavy (non-hydrogen) atoms. The maximum Gasteiger partial charge on any atom is 0.352 e. The molecule has 9 atom stereocenters. The predicted octanol–water partition coefficient (Wildman–Crippen LogP) is -7.48. The van der Waals surface area contributed by atoms with E-state index >= 15 is 0 Å². The zero-order valence-electron chi connectivity index (χ0n) is 39.4. The van der Waals surface area contributed by atoms with Crippen LogP contribution in [0.5, 0.6) is 0 Å². The summed E-state index contributed by atoms with van der Waals surface area (Å²) in [4.78, 5) is 120. The predicted molar refractivity (Wildman–Crippen MR) is 250 cm³/mol. The molecule has 392 valence electrons. The third-order valence-corrected chi connectivity index (χ3v) is 10.8. The fourth-order valence-corrected chi connectivity index (χ4v) is 6.90. The van der Waals surface area contributed by atoms with E-state index in [9.17, 15) is 58.5 Å². The number of nitrogens with zero attached hydrogens (tertiary/aromatic N) is 1. The largest absolute Gasteiger partial charge is 0.477 e. The van der Waals surface area contributed by atoms with Crippen molar-refractivity contribution >= 4 is 59.2 Å². The van der Waals surface area contributed by atoms with E-state index in [1.165, 1.54) is 24.8 Å². The molecule has 1 rings (SSSR count). The van der Waals surface area contributed by atoms with Gasteiger partial charge in [0.25, 0.3) is 0 Å². The lowest BCUT2D eigenvalue weighted by atomic mass is 10.1. The van der Waals surface area contributed by atoms with Crippen LogP contribution >= 0.6 is 0 Å². The van der Waals surface area contributed by atoms with Crippen LogP contribution < -0.4 is 76.9 Å². The molecule has 1 heterocycles. The molecule has 0 aromatic rings. The van der Waals surface area contributed by atoms with Crippen molar-refractivity contribution in [3.8, 4) is 0 Å². The molecule has 1 saturated heterocycles. The standard InChI is InChI=1S/C41H76N16O12/c1-22(51-38(66)32(29(59)20-45)56-34(62)24(46)10-3-5-15-42)33(61)50-21-30(60)52-26(12-7-17-44)39(67)57-19-9-14-28(57)36(64)55-31(23(2)58)37(65)53-25(11-4-6-16-43)35(63)54-27(40(68)69)13-8-18-49-41(47)48/h13,22-26,28-29,31-32,58-59H,3-12,14-21,42-46H2,1-2H3,(H,50,61)(H,51,66)(H,52,60)(H,53,65)(H,54,63)(H,55,64)(H,56,62)(H,68,69)(H4,47,48,49)/b27-13-/t22?,23-,24+,25+,26-,28+,29+,31+,32+/m1/s1. The molecule has 28 heteroatoms. The van der Waals surface area contributed by atoms with Crippen molar-refractivity contribution in [1.29, 1.82) is 5.41 Å². The third-order valence-electron chi connectivity index (χ3n) is 10.8. The minimum absolute atomic E-state index is 0.00238. The molecule has 1 aliphatic heterocycles. The summed E-state index contributed by atoms with van der Waals surface area (Å²) in [5, 5.41) is 57.2. The molecule has 1 aliphatic rings. The van der Waals surface area contributed by atoms with Gasteiger partial charge in [0.15, 0.2) is 5.96 Å². The van der Waals surface area contributed by atoms with Crippen LogP contribution in [-0.2, 0) is 43.2 Å². The molecule has 0 bridgehead atoms. The Morgan fingerprint density at radius 3 is 1.91 bits per heavy atom. The normalized spacial score (nSPS) is 17.0. The van der Waals surface area contributed by atoms with Crippen molar-refractivity contribution in [2.24, 2.45) is 34.4 Å². The van der Waals surface area contributed by atoms with Crippen molar-refractivity contribution in [2.75, 3.05) is 45.8 Å². The summed E-state index contributed by atoms with van der Waals surface area (Å²) < 4.78 is 0. The Balaban J connectivity index is 3.07. The number of hydrogen-bond acceptors (Lipinski definition) is 17. The average Bonchev–Trinajstić information content (AvgIpc) is 3.80. The molecule has 0 aliphatic carbocycles. The van der Waals surface area contributed by atoms with Crippen LogP contribution in [0.4, 0.5) is 0 Å². The van der Waals surface area contributed by atoms with Crippen LogP contribution in [-0.4, -0.2) is 180 Å². The van der Waals surface area contributed by atoms with Gasteiger partial charge in [0.05, 0.1) is 24.8 Å². The zero-order valence-corrected chi connectivity index (χ0v) is 39.4. The van der Waals surface area contributed by atoms with E-state index in [4.69, 9.17) is 39.8 Å². The molecule has 8 amide bonds. The second-order valence-corrected chi connectivity index (χ2v) is 16.5. The van der Waals surface area contributed by atoms with Crippen LogP contribution in [0.3, 0.4) is 0 Å². The highest BCUT2D eigenvalue weighted by atomic mass is 16.4. The van der Waals surface area contributed by atoms with E-state index in [-0.39, 0.29) is 70.7 Å². The van der Waals surface area contributed by atoms with Crippen LogP contribution in [0.25, 0.3) is 0 Å². The van der Waals surface area contributed by atoms with E-state index in [2.05, 4.69) is 42.5 Å². The number of nitrogens with one attached hydrogen (secondary N) is 9. The third kappa shape index (κ3) is 22.3. The molecule has 1 unspecified atom stereocenters. The molecule has 28 nitrogen and oxygen atoms in total. The van der Waals surface area contributed by atoms with Gasteiger partial charge in [-0.25, -0.2) is 4.79 Å². The van der Waals surface area contributed by atoms with Gasteiger partial charge in [-0.05, 0) is 97.7 Å². The summed E-state index contributed by atoms with van der Waals surface area (Å²) in [6.45, 7) is 2.35. The molecule has 0 aromatic carbocycles. The number of aliphatic carboxylic acids is 1. The number of aliphatic hydroxyl groups is 2. The van der Waals surface area contributed by atoms with Crippen molar-refractivity contribution in [2.45, 2.75) is 139 Å². The fourth-order valence-electron chi connectivity index (χ4n) is 6.90. The fraction of sp³-hybridized carbons (Fsp3) is 0.707. The van der Waals surface area contributed by atoms with Gasteiger partial charge >= 0.3 is 5.97 Å². The lowest BCUT2D eigenvalue weighted by Crippen LogP contribution is -2.61. The molecule has 0 aromatic heterocycles. The van der Waals surface area contributed by atoms with Gasteiger partial charge in [0, 0.05) is 19.6 Å². The van der Waals surface area contributed by atoms with E-state index in [1.807, 2.05) is 0 Å². The lowest BCUT2D eigenvalue weighted by Gasteiger charge is -2.31. The van der Waals surface area contributed by atoms with Crippen molar-refractivity contribution < 1.29 is 58.5 Å². The lowest BCUT2D eigenvalue weighted by molar-refractivity contribution is -0.143. The van der Waals surface area contributed by atoms with Crippen LogP contribution in [0.15, 0.2) is 11.8 Å².